The molecule has 0 spiro atoms. The third-order valence-corrected chi connectivity index (χ3v) is 5.67. The van der Waals surface area contributed by atoms with Crippen LogP contribution in [0, 0.1) is 5.82 Å². The molecule has 0 saturated heterocycles. The summed E-state index contributed by atoms with van der Waals surface area (Å²) in [6, 6.07) is 3.60. The minimum atomic E-state index is -0.259. The molecule has 8 heteroatoms. The van der Waals surface area contributed by atoms with E-state index in [0.717, 1.165) is 46.6 Å². The lowest BCUT2D eigenvalue weighted by molar-refractivity contribution is -0.129. The van der Waals surface area contributed by atoms with Crippen molar-refractivity contribution in [2.75, 3.05) is 18.0 Å². The van der Waals surface area contributed by atoms with Crippen LogP contribution in [0.2, 0.25) is 0 Å². The Bertz CT molecular complexity index is 1080. The molecule has 28 heavy (non-hydrogen) atoms. The van der Waals surface area contributed by atoms with Crippen LogP contribution in [-0.2, 0) is 31.2 Å². The summed E-state index contributed by atoms with van der Waals surface area (Å²) in [6.45, 7) is 3.44. The van der Waals surface area contributed by atoms with Crippen LogP contribution in [0.25, 0.3) is 11.1 Å². The Balaban J connectivity index is 1.53. The summed E-state index contributed by atoms with van der Waals surface area (Å²) in [7, 11) is 1.85. The number of halogens is 1. The van der Waals surface area contributed by atoms with E-state index in [-0.39, 0.29) is 11.7 Å². The van der Waals surface area contributed by atoms with Crippen LogP contribution in [-0.4, -0.2) is 43.9 Å². The SMILES string of the molecule is CC(=O)N1CCc2[nH]nc(N3CCc4cc(-c5cnn(C)c5)cc(F)c43)c2C1. The fraction of sp³-hybridized carbons (Fsp3) is 0.350. The van der Waals surface area contributed by atoms with Crippen molar-refractivity contribution in [2.24, 2.45) is 7.05 Å². The second-order valence-corrected chi connectivity index (χ2v) is 7.47. The van der Waals surface area contributed by atoms with E-state index in [9.17, 15) is 4.79 Å². The highest BCUT2D eigenvalue weighted by atomic mass is 19.1. The predicted octanol–water partition coefficient (Wildman–Crippen LogP) is 2.55. The van der Waals surface area contributed by atoms with Gasteiger partial charge in [0.05, 0.1) is 18.4 Å². The van der Waals surface area contributed by atoms with Gasteiger partial charge in [-0.2, -0.15) is 10.2 Å². The van der Waals surface area contributed by atoms with Crippen LogP contribution < -0.4 is 4.90 Å². The maximum Gasteiger partial charge on any atom is 0.219 e. The van der Waals surface area contributed by atoms with Gasteiger partial charge in [0.15, 0.2) is 5.82 Å². The quantitative estimate of drug-likeness (QED) is 0.742. The van der Waals surface area contributed by atoms with Gasteiger partial charge in [-0.05, 0) is 29.7 Å². The lowest BCUT2D eigenvalue weighted by Crippen LogP contribution is -2.34. The summed E-state index contributed by atoms with van der Waals surface area (Å²) >= 11 is 0. The average Bonchev–Trinajstić information content (AvgIpc) is 3.38. The van der Waals surface area contributed by atoms with Crippen LogP contribution >= 0.6 is 0 Å². The molecule has 0 saturated carbocycles. The van der Waals surface area contributed by atoms with Crippen molar-refractivity contribution >= 4 is 17.4 Å². The number of anilines is 2. The minimum absolute atomic E-state index is 0.0481. The first-order valence-electron chi connectivity index (χ1n) is 9.42. The molecule has 3 aromatic rings. The first-order chi connectivity index (χ1) is 13.5. The summed E-state index contributed by atoms with van der Waals surface area (Å²) in [4.78, 5) is 15.6. The molecule has 0 fully saturated rings. The van der Waals surface area contributed by atoms with Crippen LogP contribution in [0.3, 0.4) is 0 Å². The molecule has 0 radical (unpaired) electrons. The number of hydrogen-bond donors (Lipinski definition) is 1. The van der Waals surface area contributed by atoms with E-state index in [1.54, 1.807) is 28.8 Å². The van der Waals surface area contributed by atoms with Crippen LogP contribution in [0.4, 0.5) is 15.9 Å². The van der Waals surface area contributed by atoms with Gasteiger partial charge in [-0.3, -0.25) is 14.6 Å². The highest BCUT2D eigenvalue weighted by molar-refractivity contribution is 5.77. The van der Waals surface area contributed by atoms with Gasteiger partial charge in [0.2, 0.25) is 5.91 Å². The lowest BCUT2D eigenvalue weighted by Gasteiger charge is -2.27. The van der Waals surface area contributed by atoms with E-state index in [2.05, 4.69) is 15.3 Å². The first kappa shape index (κ1) is 17.0. The molecule has 5 rings (SSSR count). The van der Waals surface area contributed by atoms with Crippen molar-refractivity contribution in [1.82, 2.24) is 24.9 Å². The Morgan fingerprint density at radius 2 is 2.07 bits per heavy atom. The summed E-state index contributed by atoms with van der Waals surface area (Å²) in [6.07, 6.45) is 5.12. The lowest BCUT2D eigenvalue weighted by atomic mass is 10.0. The standard InChI is InChI=1S/C20H21FN6O/c1-12(28)26-5-4-18-16(11-26)20(24-23-18)27-6-3-13-7-14(8-17(21)19(13)27)15-9-22-25(2)10-15/h7-10H,3-6,11H2,1-2H3,(H,23,24). The molecule has 1 aromatic carbocycles. The number of rotatable bonds is 2. The molecule has 7 nitrogen and oxygen atoms in total. The minimum Gasteiger partial charge on any atom is -0.338 e. The Hall–Kier alpha value is -3.16. The van der Waals surface area contributed by atoms with Crippen LogP contribution in [0.5, 0.6) is 0 Å². The molecule has 0 bridgehead atoms. The Morgan fingerprint density at radius 1 is 1.21 bits per heavy atom. The zero-order valence-electron chi connectivity index (χ0n) is 15.9. The average molecular weight is 380 g/mol. The molecular weight excluding hydrogens is 359 g/mol. The Morgan fingerprint density at radius 3 is 2.82 bits per heavy atom. The second kappa shape index (κ2) is 6.19. The molecule has 2 aliphatic rings. The Labute approximate surface area is 161 Å². The van der Waals surface area contributed by atoms with Crippen molar-refractivity contribution in [3.8, 4) is 11.1 Å². The number of fused-ring (bicyclic) bond motifs is 2. The molecule has 2 aromatic heterocycles. The number of aromatic nitrogens is 4. The third-order valence-electron chi connectivity index (χ3n) is 5.67. The van der Waals surface area contributed by atoms with E-state index in [1.165, 1.54) is 0 Å². The number of carbonyl (C=O) groups is 1. The second-order valence-electron chi connectivity index (χ2n) is 7.47. The molecule has 0 unspecified atom stereocenters. The summed E-state index contributed by atoms with van der Waals surface area (Å²) in [5.41, 5.74) is 5.31. The maximum absolute atomic E-state index is 15.2. The van der Waals surface area contributed by atoms with E-state index in [1.807, 2.05) is 24.2 Å². The largest absolute Gasteiger partial charge is 0.338 e. The first-order valence-corrected chi connectivity index (χ1v) is 9.42. The van der Waals surface area contributed by atoms with E-state index in [4.69, 9.17) is 0 Å². The van der Waals surface area contributed by atoms with Gasteiger partial charge in [-0.25, -0.2) is 4.39 Å². The fourth-order valence-corrected chi connectivity index (χ4v) is 4.21. The number of aromatic amines is 1. The van der Waals surface area contributed by atoms with Gasteiger partial charge in [0.25, 0.3) is 0 Å². The number of H-pyrrole nitrogens is 1. The molecule has 1 amide bonds. The Kier molecular flexibility index (Phi) is 3.75. The highest BCUT2D eigenvalue weighted by Gasteiger charge is 2.32. The number of nitrogens with one attached hydrogen (secondary N) is 1. The summed E-state index contributed by atoms with van der Waals surface area (Å²) < 4.78 is 16.9. The number of hydrogen-bond acceptors (Lipinski definition) is 4. The number of benzene rings is 1. The normalized spacial score (nSPS) is 15.7. The molecule has 0 atom stereocenters. The van der Waals surface area contributed by atoms with Crippen molar-refractivity contribution < 1.29 is 9.18 Å². The molecule has 144 valence electrons. The number of amides is 1. The van der Waals surface area contributed by atoms with Gasteiger partial charge < -0.3 is 9.80 Å². The van der Waals surface area contributed by atoms with E-state index >= 15 is 4.39 Å². The van der Waals surface area contributed by atoms with Gasteiger partial charge >= 0.3 is 0 Å². The van der Waals surface area contributed by atoms with Gasteiger partial charge in [0.1, 0.15) is 5.82 Å². The topological polar surface area (TPSA) is 70.1 Å². The molecule has 0 aliphatic carbocycles. The van der Waals surface area contributed by atoms with Crippen molar-refractivity contribution in [2.45, 2.75) is 26.3 Å². The smallest absolute Gasteiger partial charge is 0.219 e. The molecule has 2 aliphatic heterocycles. The number of aryl methyl sites for hydroxylation is 1. The van der Waals surface area contributed by atoms with E-state index in [0.29, 0.717) is 25.3 Å². The monoisotopic (exact) mass is 380 g/mol. The van der Waals surface area contributed by atoms with Crippen LogP contribution in [0.15, 0.2) is 24.5 Å². The summed E-state index contributed by atoms with van der Waals surface area (Å²) in [5.74, 6) is 0.518. The number of nitrogens with zero attached hydrogens (tertiary/aromatic N) is 5. The zero-order valence-corrected chi connectivity index (χ0v) is 15.9. The zero-order chi connectivity index (χ0) is 19.4. The van der Waals surface area contributed by atoms with Crippen LogP contribution in [0.1, 0.15) is 23.7 Å². The van der Waals surface area contributed by atoms with Gasteiger partial charge in [-0.1, -0.05) is 0 Å². The number of carbonyl (C=O) groups excluding carboxylic acids is 1. The third kappa shape index (κ3) is 2.59. The van der Waals surface area contributed by atoms with Gasteiger partial charge in [0, 0.05) is 56.5 Å². The van der Waals surface area contributed by atoms with Crippen molar-refractivity contribution in [3.63, 3.8) is 0 Å². The summed E-state index contributed by atoms with van der Waals surface area (Å²) in [5, 5.41) is 11.7. The fourth-order valence-electron chi connectivity index (χ4n) is 4.21. The van der Waals surface area contributed by atoms with Crippen molar-refractivity contribution in [3.05, 3.63) is 47.2 Å². The molecular formula is C20H21FN6O. The predicted molar refractivity (Wildman–Crippen MR) is 103 cm³/mol. The maximum atomic E-state index is 15.2. The molecule has 4 heterocycles. The van der Waals surface area contributed by atoms with Crippen molar-refractivity contribution in [1.29, 1.82) is 0 Å². The molecule has 1 N–H and O–H groups in total. The van der Waals surface area contributed by atoms with Gasteiger partial charge in [-0.15, -0.1) is 0 Å². The highest BCUT2D eigenvalue weighted by Crippen LogP contribution is 2.41. The van der Waals surface area contributed by atoms with E-state index < -0.39 is 0 Å².